The van der Waals surface area contributed by atoms with Gasteiger partial charge in [-0.3, -0.25) is 0 Å². The third-order valence-electron chi connectivity index (χ3n) is 3.21. The maximum atomic E-state index is 6.20. The fourth-order valence-electron chi connectivity index (χ4n) is 2.14. The van der Waals surface area contributed by atoms with Crippen molar-refractivity contribution in [3.8, 4) is 0 Å². The van der Waals surface area contributed by atoms with Crippen LogP contribution in [0.15, 0.2) is 77.1 Å². The molecule has 2 nitrogen and oxygen atoms in total. The summed E-state index contributed by atoms with van der Waals surface area (Å²) in [5, 5.41) is 2.07. The Hall–Kier alpha value is -2.65. The van der Waals surface area contributed by atoms with Gasteiger partial charge in [-0.1, -0.05) is 54.6 Å². The SMILES string of the molecule is NC(=Nc1ccccc1)c1ccccc1C=Cc1cccs1. The molecule has 2 N–H and O–H groups in total. The van der Waals surface area contributed by atoms with E-state index in [-0.39, 0.29) is 0 Å². The van der Waals surface area contributed by atoms with Crippen LogP contribution in [-0.4, -0.2) is 5.84 Å². The maximum Gasteiger partial charge on any atom is 0.131 e. The summed E-state index contributed by atoms with van der Waals surface area (Å²) in [4.78, 5) is 5.71. The van der Waals surface area contributed by atoms with E-state index in [0.717, 1.165) is 16.8 Å². The van der Waals surface area contributed by atoms with E-state index >= 15 is 0 Å². The topological polar surface area (TPSA) is 38.4 Å². The summed E-state index contributed by atoms with van der Waals surface area (Å²) in [7, 11) is 0. The number of thiophene rings is 1. The highest BCUT2D eigenvalue weighted by Crippen LogP contribution is 2.18. The molecule has 0 saturated carbocycles. The van der Waals surface area contributed by atoms with Gasteiger partial charge in [0, 0.05) is 10.4 Å². The molecular formula is C19H16N2S. The molecule has 1 heterocycles. The van der Waals surface area contributed by atoms with Gasteiger partial charge in [0.1, 0.15) is 5.84 Å². The van der Waals surface area contributed by atoms with Crippen LogP contribution >= 0.6 is 11.3 Å². The highest BCUT2D eigenvalue weighted by Gasteiger charge is 2.03. The molecule has 0 aliphatic rings. The molecule has 0 atom stereocenters. The second kappa shape index (κ2) is 6.87. The van der Waals surface area contributed by atoms with Crippen LogP contribution in [0.1, 0.15) is 16.0 Å². The Labute approximate surface area is 134 Å². The summed E-state index contributed by atoms with van der Waals surface area (Å²) < 4.78 is 0. The smallest absolute Gasteiger partial charge is 0.131 e. The molecule has 0 amide bonds. The van der Waals surface area contributed by atoms with Crippen molar-refractivity contribution in [2.45, 2.75) is 0 Å². The molecule has 0 spiro atoms. The average Bonchev–Trinajstić information content (AvgIpc) is 3.07. The summed E-state index contributed by atoms with van der Waals surface area (Å²) in [5.74, 6) is 0.526. The van der Waals surface area contributed by atoms with E-state index in [1.54, 1.807) is 11.3 Å². The Morgan fingerprint density at radius 2 is 1.64 bits per heavy atom. The lowest BCUT2D eigenvalue weighted by Gasteiger charge is -2.05. The number of hydrogen-bond acceptors (Lipinski definition) is 2. The van der Waals surface area contributed by atoms with Crippen molar-refractivity contribution < 1.29 is 0 Å². The Morgan fingerprint density at radius 1 is 0.864 bits per heavy atom. The molecule has 22 heavy (non-hydrogen) atoms. The minimum Gasteiger partial charge on any atom is -0.383 e. The van der Waals surface area contributed by atoms with E-state index in [1.165, 1.54) is 4.88 Å². The molecular weight excluding hydrogens is 288 g/mol. The zero-order valence-electron chi connectivity index (χ0n) is 12.0. The van der Waals surface area contributed by atoms with Gasteiger partial charge in [-0.2, -0.15) is 0 Å². The molecule has 108 valence electrons. The van der Waals surface area contributed by atoms with E-state index < -0.39 is 0 Å². The normalized spacial score (nSPS) is 11.9. The Morgan fingerprint density at radius 3 is 2.41 bits per heavy atom. The monoisotopic (exact) mass is 304 g/mol. The number of para-hydroxylation sites is 1. The highest BCUT2D eigenvalue weighted by molar-refractivity contribution is 7.10. The van der Waals surface area contributed by atoms with Crippen LogP contribution in [0, 0.1) is 0 Å². The minimum atomic E-state index is 0.526. The van der Waals surface area contributed by atoms with Crippen LogP contribution in [0.4, 0.5) is 5.69 Å². The molecule has 0 fully saturated rings. The zero-order valence-corrected chi connectivity index (χ0v) is 12.8. The number of hydrogen-bond donors (Lipinski definition) is 1. The van der Waals surface area contributed by atoms with Crippen molar-refractivity contribution in [1.82, 2.24) is 0 Å². The Kier molecular flexibility index (Phi) is 4.47. The number of aliphatic imine (C=N–C) groups is 1. The van der Waals surface area contributed by atoms with Gasteiger partial charge >= 0.3 is 0 Å². The van der Waals surface area contributed by atoms with Crippen LogP contribution in [-0.2, 0) is 0 Å². The Bertz CT molecular complexity index is 787. The first kappa shape index (κ1) is 14.3. The van der Waals surface area contributed by atoms with E-state index in [2.05, 4.69) is 28.6 Å². The minimum absolute atomic E-state index is 0.526. The maximum absolute atomic E-state index is 6.20. The molecule has 0 unspecified atom stereocenters. The molecule has 0 radical (unpaired) electrons. The fraction of sp³-hybridized carbons (Fsp3) is 0. The van der Waals surface area contributed by atoms with Gasteiger partial charge in [0.05, 0.1) is 5.69 Å². The average molecular weight is 304 g/mol. The predicted molar refractivity (Wildman–Crippen MR) is 96.5 cm³/mol. The van der Waals surface area contributed by atoms with Crippen LogP contribution in [0.5, 0.6) is 0 Å². The highest BCUT2D eigenvalue weighted by atomic mass is 32.1. The van der Waals surface area contributed by atoms with Crippen LogP contribution in [0.2, 0.25) is 0 Å². The predicted octanol–water partition coefficient (Wildman–Crippen LogP) is 4.96. The van der Waals surface area contributed by atoms with E-state index in [9.17, 15) is 0 Å². The Balaban J connectivity index is 1.92. The first-order valence-electron chi connectivity index (χ1n) is 7.03. The third kappa shape index (κ3) is 3.51. The summed E-state index contributed by atoms with van der Waals surface area (Å²) in [6.45, 7) is 0. The van der Waals surface area contributed by atoms with E-state index in [0.29, 0.717) is 5.84 Å². The van der Waals surface area contributed by atoms with Gasteiger partial charge in [0.2, 0.25) is 0 Å². The van der Waals surface area contributed by atoms with Crippen molar-refractivity contribution in [1.29, 1.82) is 0 Å². The summed E-state index contributed by atoms with van der Waals surface area (Å²) in [6, 6.07) is 21.9. The van der Waals surface area contributed by atoms with Crippen molar-refractivity contribution in [3.05, 3.63) is 88.1 Å². The lowest BCUT2D eigenvalue weighted by atomic mass is 10.1. The number of benzene rings is 2. The van der Waals surface area contributed by atoms with Gasteiger partial charge in [-0.15, -0.1) is 11.3 Å². The quantitative estimate of drug-likeness (QED) is 0.537. The largest absolute Gasteiger partial charge is 0.383 e. The lowest BCUT2D eigenvalue weighted by Crippen LogP contribution is -2.14. The first-order chi connectivity index (χ1) is 10.8. The summed E-state index contributed by atoms with van der Waals surface area (Å²) >= 11 is 1.71. The zero-order chi connectivity index (χ0) is 15.2. The molecule has 1 aromatic heterocycles. The van der Waals surface area contributed by atoms with Gasteiger partial charge in [-0.05, 0) is 35.2 Å². The molecule has 0 aliphatic carbocycles. The lowest BCUT2D eigenvalue weighted by molar-refractivity contribution is 1.44. The molecule has 3 rings (SSSR count). The molecule has 0 aliphatic heterocycles. The van der Waals surface area contributed by atoms with E-state index in [4.69, 9.17) is 5.73 Å². The number of amidine groups is 1. The van der Waals surface area contributed by atoms with Gasteiger partial charge in [0.15, 0.2) is 0 Å². The molecule has 0 saturated heterocycles. The second-order valence-corrected chi connectivity index (χ2v) is 5.75. The van der Waals surface area contributed by atoms with Gasteiger partial charge < -0.3 is 5.73 Å². The molecule has 0 bridgehead atoms. The number of nitrogens with two attached hydrogens (primary N) is 1. The van der Waals surface area contributed by atoms with E-state index in [1.807, 2.05) is 60.7 Å². The van der Waals surface area contributed by atoms with Crippen molar-refractivity contribution in [2.24, 2.45) is 10.7 Å². The molecule has 3 aromatic rings. The second-order valence-electron chi connectivity index (χ2n) is 4.77. The molecule has 3 heteroatoms. The first-order valence-corrected chi connectivity index (χ1v) is 7.91. The van der Waals surface area contributed by atoms with Crippen molar-refractivity contribution in [2.75, 3.05) is 0 Å². The third-order valence-corrected chi connectivity index (χ3v) is 4.05. The summed E-state index contributed by atoms with van der Waals surface area (Å²) in [6.07, 6.45) is 4.17. The van der Waals surface area contributed by atoms with Crippen LogP contribution < -0.4 is 5.73 Å². The number of nitrogens with zero attached hydrogens (tertiary/aromatic N) is 1. The van der Waals surface area contributed by atoms with Gasteiger partial charge in [0.25, 0.3) is 0 Å². The van der Waals surface area contributed by atoms with Crippen molar-refractivity contribution >= 4 is 35.0 Å². The fourth-order valence-corrected chi connectivity index (χ4v) is 2.75. The van der Waals surface area contributed by atoms with Crippen LogP contribution in [0.25, 0.3) is 12.2 Å². The number of rotatable bonds is 4. The molecule has 2 aromatic carbocycles. The standard InChI is InChI=1S/C19H16N2S/c20-19(21-16-8-2-1-3-9-16)18-11-5-4-7-15(18)12-13-17-10-6-14-22-17/h1-14H,(H2,20,21). The van der Waals surface area contributed by atoms with Gasteiger partial charge in [-0.25, -0.2) is 4.99 Å². The summed E-state index contributed by atoms with van der Waals surface area (Å²) in [5.41, 5.74) is 9.06. The van der Waals surface area contributed by atoms with Crippen molar-refractivity contribution in [3.63, 3.8) is 0 Å². The van der Waals surface area contributed by atoms with Crippen LogP contribution in [0.3, 0.4) is 0 Å².